The predicted molar refractivity (Wildman–Crippen MR) is 80.2 cm³/mol. The molecule has 2 aliphatic rings. The number of nitrogens with one attached hydrogen (secondary N) is 1. The van der Waals surface area contributed by atoms with Gasteiger partial charge in [-0.15, -0.1) is 0 Å². The smallest absolute Gasteiger partial charge is 0.0130 e. The predicted octanol–water partition coefficient (Wildman–Crippen LogP) is 3.13. The number of thioether (sulfide) groups is 1. The van der Waals surface area contributed by atoms with E-state index in [1.165, 1.54) is 38.0 Å². The first kappa shape index (κ1) is 12.6. The Morgan fingerprint density at radius 3 is 2.28 bits per heavy atom. The summed E-state index contributed by atoms with van der Waals surface area (Å²) in [7, 11) is 0. The number of hydrogen-bond donors (Lipinski definition) is 1. The van der Waals surface area contributed by atoms with Crippen molar-refractivity contribution in [3.05, 3.63) is 35.4 Å². The van der Waals surface area contributed by atoms with E-state index >= 15 is 0 Å². The van der Waals surface area contributed by atoms with Gasteiger partial charge in [0.2, 0.25) is 0 Å². The molecule has 1 aromatic carbocycles. The van der Waals surface area contributed by atoms with Gasteiger partial charge in [0.15, 0.2) is 0 Å². The molecule has 1 N–H and O–H groups in total. The molecule has 0 radical (unpaired) electrons. The van der Waals surface area contributed by atoms with Crippen LogP contribution in [-0.4, -0.2) is 24.6 Å². The van der Waals surface area contributed by atoms with Gasteiger partial charge in [0.25, 0.3) is 0 Å². The third-order valence-corrected chi connectivity index (χ3v) is 5.31. The Hall–Kier alpha value is -0.470. The van der Waals surface area contributed by atoms with E-state index in [4.69, 9.17) is 0 Å². The molecular weight excluding hydrogens is 238 g/mol. The summed E-state index contributed by atoms with van der Waals surface area (Å²) in [5.41, 5.74) is 3.22. The van der Waals surface area contributed by atoms with Gasteiger partial charge in [0, 0.05) is 18.3 Å². The molecule has 0 heterocycles. The molecule has 0 saturated heterocycles. The van der Waals surface area contributed by atoms with E-state index < -0.39 is 0 Å². The van der Waals surface area contributed by atoms with Gasteiger partial charge in [0.1, 0.15) is 0 Å². The summed E-state index contributed by atoms with van der Waals surface area (Å²) in [4.78, 5) is 0. The molecule has 1 saturated carbocycles. The van der Waals surface area contributed by atoms with Gasteiger partial charge < -0.3 is 5.32 Å². The van der Waals surface area contributed by atoms with Crippen molar-refractivity contribution >= 4 is 11.8 Å². The Kier molecular flexibility index (Phi) is 3.95. The quantitative estimate of drug-likeness (QED) is 0.836. The zero-order valence-corrected chi connectivity index (χ0v) is 12.0. The second-order valence-electron chi connectivity index (χ2n) is 5.75. The topological polar surface area (TPSA) is 12.0 Å². The van der Waals surface area contributed by atoms with Gasteiger partial charge >= 0.3 is 0 Å². The van der Waals surface area contributed by atoms with E-state index in [0.29, 0.717) is 0 Å². The molecule has 2 bridgehead atoms. The lowest BCUT2D eigenvalue weighted by Crippen LogP contribution is -2.39. The summed E-state index contributed by atoms with van der Waals surface area (Å²) < 4.78 is 0. The van der Waals surface area contributed by atoms with Gasteiger partial charge in [0.05, 0.1) is 0 Å². The molecule has 2 heteroatoms. The van der Waals surface area contributed by atoms with E-state index in [1.54, 1.807) is 11.1 Å². The largest absolute Gasteiger partial charge is 0.313 e. The van der Waals surface area contributed by atoms with Crippen LogP contribution in [0.1, 0.15) is 24.0 Å². The average molecular weight is 261 g/mol. The summed E-state index contributed by atoms with van der Waals surface area (Å²) in [5.74, 6) is 2.99. The molecule has 1 aromatic rings. The van der Waals surface area contributed by atoms with Crippen LogP contribution in [0.15, 0.2) is 24.3 Å². The standard InChI is InChI=1S/C16H23NS/c1-18-9-8-17-16-14-6-7-15(16)11-13-5-3-2-4-12(13)10-14/h2-5,14-17H,6-11H2,1H3. The van der Waals surface area contributed by atoms with E-state index in [2.05, 4.69) is 35.8 Å². The van der Waals surface area contributed by atoms with Crippen molar-refractivity contribution in [1.82, 2.24) is 5.32 Å². The molecule has 3 rings (SSSR count). The Labute approximate surface area is 115 Å². The number of rotatable bonds is 4. The van der Waals surface area contributed by atoms with Gasteiger partial charge in [-0.2, -0.15) is 11.8 Å². The highest BCUT2D eigenvalue weighted by molar-refractivity contribution is 7.98. The van der Waals surface area contributed by atoms with Crippen molar-refractivity contribution in [3.63, 3.8) is 0 Å². The lowest BCUT2D eigenvalue weighted by molar-refractivity contribution is 0.350. The number of fused-ring (bicyclic) bond motifs is 3. The third kappa shape index (κ3) is 2.46. The Balaban J connectivity index is 1.74. The third-order valence-electron chi connectivity index (χ3n) is 4.69. The van der Waals surface area contributed by atoms with Crippen LogP contribution in [0.2, 0.25) is 0 Å². The summed E-state index contributed by atoms with van der Waals surface area (Å²) in [5, 5.41) is 3.84. The van der Waals surface area contributed by atoms with Gasteiger partial charge in [-0.1, -0.05) is 24.3 Å². The minimum absolute atomic E-state index is 0.768. The molecule has 2 atom stereocenters. The Bertz CT molecular complexity index is 371. The zero-order chi connectivity index (χ0) is 12.4. The maximum atomic E-state index is 3.84. The van der Waals surface area contributed by atoms with Crippen molar-refractivity contribution in [2.24, 2.45) is 11.8 Å². The summed E-state index contributed by atoms with van der Waals surface area (Å²) >= 11 is 1.94. The van der Waals surface area contributed by atoms with Gasteiger partial charge in [-0.25, -0.2) is 0 Å². The van der Waals surface area contributed by atoms with Crippen LogP contribution in [0.25, 0.3) is 0 Å². The average Bonchev–Trinajstić information content (AvgIpc) is 2.66. The van der Waals surface area contributed by atoms with Crippen molar-refractivity contribution < 1.29 is 0 Å². The van der Waals surface area contributed by atoms with Crippen molar-refractivity contribution in [2.45, 2.75) is 31.7 Å². The molecule has 1 nitrogen and oxygen atoms in total. The lowest BCUT2D eigenvalue weighted by atomic mass is 9.94. The summed E-state index contributed by atoms with van der Waals surface area (Å²) in [6.07, 6.45) is 7.64. The molecule has 1 fully saturated rings. The monoisotopic (exact) mass is 261 g/mol. The molecule has 0 amide bonds. The molecule has 0 aromatic heterocycles. The zero-order valence-electron chi connectivity index (χ0n) is 11.2. The van der Waals surface area contributed by atoms with Crippen LogP contribution >= 0.6 is 11.8 Å². The Morgan fingerprint density at radius 1 is 1.11 bits per heavy atom. The fourth-order valence-corrected chi connectivity index (χ4v) is 4.13. The van der Waals surface area contributed by atoms with Crippen molar-refractivity contribution in [3.8, 4) is 0 Å². The van der Waals surface area contributed by atoms with Crippen molar-refractivity contribution in [2.75, 3.05) is 18.6 Å². The highest BCUT2D eigenvalue weighted by Crippen LogP contribution is 2.39. The molecular formula is C16H23NS. The first-order valence-corrected chi connectivity index (χ1v) is 8.57. The maximum absolute atomic E-state index is 3.84. The van der Waals surface area contributed by atoms with Crippen LogP contribution in [0.5, 0.6) is 0 Å². The normalized spacial score (nSPS) is 29.9. The van der Waals surface area contributed by atoms with Crippen LogP contribution in [0.4, 0.5) is 0 Å². The second kappa shape index (κ2) is 5.66. The fraction of sp³-hybridized carbons (Fsp3) is 0.625. The minimum Gasteiger partial charge on any atom is -0.313 e. The maximum Gasteiger partial charge on any atom is 0.0130 e. The minimum atomic E-state index is 0.768. The van der Waals surface area contributed by atoms with Crippen LogP contribution < -0.4 is 5.32 Å². The van der Waals surface area contributed by atoms with Gasteiger partial charge in [-0.05, 0) is 54.9 Å². The highest BCUT2D eigenvalue weighted by Gasteiger charge is 2.38. The molecule has 0 aliphatic heterocycles. The highest BCUT2D eigenvalue weighted by atomic mass is 32.2. The SMILES string of the molecule is CSCCNC1C2CCC1Cc1ccccc1C2. The number of benzene rings is 1. The van der Waals surface area contributed by atoms with E-state index in [1.807, 2.05) is 11.8 Å². The van der Waals surface area contributed by atoms with Crippen LogP contribution in [0, 0.1) is 11.8 Å². The van der Waals surface area contributed by atoms with E-state index in [-0.39, 0.29) is 0 Å². The van der Waals surface area contributed by atoms with Gasteiger partial charge in [-0.3, -0.25) is 0 Å². The molecule has 0 spiro atoms. The van der Waals surface area contributed by atoms with E-state index in [0.717, 1.165) is 17.9 Å². The van der Waals surface area contributed by atoms with Crippen LogP contribution in [-0.2, 0) is 12.8 Å². The molecule has 2 aliphatic carbocycles. The Morgan fingerprint density at radius 2 is 1.72 bits per heavy atom. The first-order valence-electron chi connectivity index (χ1n) is 7.17. The summed E-state index contributed by atoms with van der Waals surface area (Å²) in [6, 6.07) is 9.86. The van der Waals surface area contributed by atoms with Crippen LogP contribution in [0.3, 0.4) is 0 Å². The van der Waals surface area contributed by atoms with E-state index in [9.17, 15) is 0 Å². The van der Waals surface area contributed by atoms with Crippen molar-refractivity contribution in [1.29, 1.82) is 0 Å². The fourth-order valence-electron chi connectivity index (χ4n) is 3.81. The molecule has 18 heavy (non-hydrogen) atoms. The molecule has 98 valence electrons. The lowest BCUT2D eigenvalue weighted by Gasteiger charge is -2.23. The summed E-state index contributed by atoms with van der Waals surface area (Å²) in [6.45, 7) is 1.18. The first-order chi connectivity index (χ1) is 8.88. The number of hydrogen-bond acceptors (Lipinski definition) is 2. The second-order valence-corrected chi connectivity index (χ2v) is 6.73. The molecule has 2 unspecified atom stereocenters.